The van der Waals surface area contributed by atoms with Gasteiger partial charge in [-0.2, -0.15) is 8.78 Å². The molecule has 0 fully saturated rings. The zero-order valence-electron chi connectivity index (χ0n) is 13.3. The second kappa shape index (κ2) is 6.47. The Labute approximate surface area is 138 Å². The molecule has 0 aromatic heterocycles. The van der Waals surface area contributed by atoms with E-state index in [1.807, 2.05) is 31.2 Å². The zero-order valence-corrected chi connectivity index (χ0v) is 13.3. The van der Waals surface area contributed by atoms with Crippen molar-refractivity contribution >= 4 is 11.6 Å². The molecule has 0 saturated carbocycles. The summed E-state index contributed by atoms with van der Waals surface area (Å²) in [6, 6.07) is 12.0. The van der Waals surface area contributed by atoms with Gasteiger partial charge in [0.25, 0.3) is 5.91 Å². The van der Waals surface area contributed by atoms with Crippen LogP contribution >= 0.6 is 0 Å². The van der Waals surface area contributed by atoms with Gasteiger partial charge in [0.1, 0.15) is 0 Å². The predicted octanol–water partition coefficient (Wildman–Crippen LogP) is 3.89. The predicted molar refractivity (Wildman–Crippen MR) is 86.0 cm³/mol. The number of alkyl halides is 2. The molecule has 6 heteroatoms. The van der Waals surface area contributed by atoms with Crippen molar-refractivity contribution in [2.75, 3.05) is 12.0 Å². The number of para-hydroxylation sites is 1. The largest absolute Gasteiger partial charge is 0.493 e. The Balaban J connectivity index is 1.93. The van der Waals surface area contributed by atoms with Crippen LogP contribution in [-0.2, 0) is 6.42 Å². The molecular formula is C18H17F2NO3. The minimum atomic E-state index is -2.95. The van der Waals surface area contributed by atoms with E-state index in [1.165, 1.54) is 25.3 Å². The number of halogens is 2. The molecule has 1 atom stereocenters. The molecule has 0 spiro atoms. The van der Waals surface area contributed by atoms with Crippen LogP contribution in [0.25, 0.3) is 0 Å². The standard InChI is InChI=1S/C18H17F2NO3/c1-11-9-12-5-3-4-6-14(12)21(11)17(22)13-7-8-15(24-18(19)20)16(10-13)23-2/h3-8,10-11,18H,9H2,1-2H3. The lowest BCUT2D eigenvalue weighted by molar-refractivity contribution is -0.0512. The van der Waals surface area contributed by atoms with E-state index in [9.17, 15) is 13.6 Å². The van der Waals surface area contributed by atoms with Gasteiger partial charge in [0.2, 0.25) is 0 Å². The highest BCUT2D eigenvalue weighted by atomic mass is 19.3. The first kappa shape index (κ1) is 16.2. The molecule has 0 saturated heterocycles. The molecule has 0 bridgehead atoms. The highest BCUT2D eigenvalue weighted by molar-refractivity contribution is 6.08. The highest BCUT2D eigenvalue weighted by Gasteiger charge is 2.31. The molecule has 2 aromatic rings. The number of carbonyl (C=O) groups is 1. The van der Waals surface area contributed by atoms with Gasteiger partial charge in [0, 0.05) is 17.3 Å². The Morgan fingerprint density at radius 1 is 1.21 bits per heavy atom. The number of hydrogen-bond donors (Lipinski definition) is 0. The fraction of sp³-hybridized carbons (Fsp3) is 0.278. The lowest BCUT2D eigenvalue weighted by Crippen LogP contribution is -2.35. The maximum Gasteiger partial charge on any atom is 0.387 e. The van der Waals surface area contributed by atoms with Crippen LogP contribution in [0.15, 0.2) is 42.5 Å². The molecule has 2 aromatic carbocycles. The summed E-state index contributed by atoms with van der Waals surface area (Å²) in [5, 5.41) is 0. The van der Waals surface area contributed by atoms with Crippen LogP contribution in [0.2, 0.25) is 0 Å². The summed E-state index contributed by atoms with van der Waals surface area (Å²) in [5.74, 6) is -0.199. The van der Waals surface area contributed by atoms with Crippen LogP contribution in [0.3, 0.4) is 0 Å². The minimum absolute atomic E-state index is 0.0258. The first-order chi connectivity index (χ1) is 11.5. The molecule has 1 unspecified atom stereocenters. The fourth-order valence-electron chi connectivity index (χ4n) is 3.01. The summed E-state index contributed by atoms with van der Waals surface area (Å²) < 4.78 is 34.3. The van der Waals surface area contributed by atoms with Crippen LogP contribution in [0.1, 0.15) is 22.8 Å². The van der Waals surface area contributed by atoms with E-state index in [1.54, 1.807) is 4.90 Å². The van der Waals surface area contributed by atoms with Gasteiger partial charge in [-0.05, 0) is 43.2 Å². The number of anilines is 1. The Morgan fingerprint density at radius 2 is 1.96 bits per heavy atom. The van der Waals surface area contributed by atoms with Crippen molar-refractivity contribution in [2.24, 2.45) is 0 Å². The number of hydrogen-bond acceptors (Lipinski definition) is 3. The maximum absolute atomic E-state index is 12.9. The summed E-state index contributed by atoms with van der Waals surface area (Å²) >= 11 is 0. The van der Waals surface area contributed by atoms with Crippen LogP contribution < -0.4 is 14.4 Å². The number of fused-ring (bicyclic) bond motifs is 1. The van der Waals surface area contributed by atoms with Gasteiger partial charge in [0.05, 0.1) is 7.11 Å². The van der Waals surface area contributed by atoms with Gasteiger partial charge >= 0.3 is 6.61 Å². The van der Waals surface area contributed by atoms with Crippen molar-refractivity contribution < 1.29 is 23.0 Å². The third-order valence-corrected chi connectivity index (χ3v) is 4.05. The van der Waals surface area contributed by atoms with E-state index in [0.717, 1.165) is 17.7 Å². The van der Waals surface area contributed by atoms with Crippen molar-refractivity contribution in [1.82, 2.24) is 0 Å². The number of methoxy groups -OCH3 is 1. The molecule has 3 rings (SSSR count). The van der Waals surface area contributed by atoms with E-state index in [-0.39, 0.29) is 23.4 Å². The van der Waals surface area contributed by atoms with Gasteiger partial charge < -0.3 is 14.4 Å². The molecule has 1 aliphatic rings. The van der Waals surface area contributed by atoms with E-state index in [0.29, 0.717) is 5.56 Å². The average Bonchev–Trinajstić information content (AvgIpc) is 2.89. The van der Waals surface area contributed by atoms with Crippen molar-refractivity contribution in [1.29, 1.82) is 0 Å². The SMILES string of the molecule is COc1cc(C(=O)N2c3ccccc3CC2C)ccc1OC(F)F. The van der Waals surface area contributed by atoms with Gasteiger partial charge in [-0.1, -0.05) is 18.2 Å². The third-order valence-electron chi connectivity index (χ3n) is 4.05. The van der Waals surface area contributed by atoms with Gasteiger partial charge in [-0.3, -0.25) is 4.79 Å². The fourth-order valence-corrected chi connectivity index (χ4v) is 3.01. The van der Waals surface area contributed by atoms with E-state index in [4.69, 9.17) is 4.74 Å². The highest BCUT2D eigenvalue weighted by Crippen LogP contribution is 2.35. The minimum Gasteiger partial charge on any atom is -0.493 e. The third kappa shape index (κ3) is 2.91. The average molecular weight is 333 g/mol. The molecule has 0 N–H and O–H groups in total. The van der Waals surface area contributed by atoms with Crippen LogP contribution in [0, 0.1) is 0 Å². The molecular weight excluding hydrogens is 316 g/mol. The summed E-state index contributed by atoms with van der Waals surface area (Å²) in [6.45, 7) is -0.977. The summed E-state index contributed by atoms with van der Waals surface area (Å²) in [6.07, 6.45) is 0.783. The van der Waals surface area contributed by atoms with Gasteiger partial charge in [-0.15, -0.1) is 0 Å². The quantitative estimate of drug-likeness (QED) is 0.852. The summed E-state index contributed by atoms with van der Waals surface area (Å²) in [5.41, 5.74) is 2.35. The Kier molecular flexibility index (Phi) is 4.38. The van der Waals surface area contributed by atoms with Crippen molar-refractivity contribution in [2.45, 2.75) is 26.0 Å². The number of rotatable bonds is 4. The summed E-state index contributed by atoms with van der Waals surface area (Å²) in [4.78, 5) is 14.6. The molecule has 0 aliphatic carbocycles. The van der Waals surface area contributed by atoms with Crippen LogP contribution in [0.4, 0.5) is 14.5 Å². The topological polar surface area (TPSA) is 38.8 Å². The summed E-state index contributed by atoms with van der Waals surface area (Å²) in [7, 11) is 1.34. The lowest BCUT2D eigenvalue weighted by Gasteiger charge is -2.23. The van der Waals surface area contributed by atoms with Crippen molar-refractivity contribution in [3.05, 3.63) is 53.6 Å². The smallest absolute Gasteiger partial charge is 0.387 e. The first-order valence-electron chi connectivity index (χ1n) is 7.55. The Hall–Kier alpha value is -2.63. The molecule has 0 radical (unpaired) electrons. The van der Waals surface area contributed by atoms with E-state index < -0.39 is 6.61 Å². The molecule has 1 amide bonds. The van der Waals surface area contributed by atoms with Gasteiger partial charge in [0.15, 0.2) is 11.5 Å². The van der Waals surface area contributed by atoms with Crippen molar-refractivity contribution in [3.8, 4) is 11.5 Å². The van der Waals surface area contributed by atoms with Crippen molar-refractivity contribution in [3.63, 3.8) is 0 Å². The Bertz CT molecular complexity index is 764. The second-order valence-electron chi connectivity index (χ2n) is 5.60. The number of carbonyl (C=O) groups excluding carboxylic acids is 1. The monoisotopic (exact) mass is 333 g/mol. The maximum atomic E-state index is 12.9. The molecule has 1 aliphatic heterocycles. The number of ether oxygens (including phenoxy) is 2. The number of amides is 1. The van der Waals surface area contributed by atoms with Gasteiger partial charge in [-0.25, -0.2) is 0 Å². The van der Waals surface area contributed by atoms with Crippen LogP contribution in [0.5, 0.6) is 11.5 Å². The number of nitrogens with zero attached hydrogens (tertiary/aromatic N) is 1. The van der Waals surface area contributed by atoms with E-state index in [2.05, 4.69) is 4.74 Å². The molecule has 1 heterocycles. The second-order valence-corrected chi connectivity index (χ2v) is 5.60. The lowest BCUT2D eigenvalue weighted by atomic mass is 10.1. The molecule has 4 nitrogen and oxygen atoms in total. The molecule has 24 heavy (non-hydrogen) atoms. The van der Waals surface area contributed by atoms with Crippen LogP contribution in [-0.4, -0.2) is 25.7 Å². The number of benzene rings is 2. The normalized spacial score (nSPS) is 16.2. The zero-order chi connectivity index (χ0) is 17.3. The first-order valence-corrected chi connectivity index (χ1v) is 7.55. The molecule has 126 valence electrons. The Morgan fingerprint density at radius 3 is 2.67 bits per heavy atom. The van der Waals surface area contributed by atoms with E-state index >= 15 is 0 Å².